The zero-order valence-corrected chi connectivity index (χ0v) is 12.7. The standard InChI is InChI=1S/C17H25N3O/c21-17(13-7-3-8-14-16(13)19-11-18-14)20-10-4-9-15(20)12-5-1-2-6-12/h11-13,15H,1-10H2,(H,18,19). The van der Waals surface area contributed by atoms with Gasteiger partial charge in [0.05, 0.1) is 17.9 Å². The number of carbonyl (C=O) groups is 1. The van der Waals surface area contributed by atoms with Gasteiger partial charge < -0.3 is 9.88 Å². The predicted octanol–water partition coefficient (Wildman–Crippen LogP) is 3.01. The highest BCUT2D eigenvalue weighted by molar-refractivity contribution is 5.84. The van der Waals surface area contributed by atoms with Gasteiger partial charge in [-0.1, -0.05) is 12.8 Å². The third-order valence-corrected chi connectivity index (χ3v) is 5.83. The molecule has 0 radical (unpaired) electrons. The Labute approximate surface area is 126 Å². The fourth-order valence-electron chi connectivity index (χ4n) is 4.79. The minimum Gasteiger partial charge on any atom is -0.348 e. The number of hydrogen-bond donors (Lipinski definition) is 1. The number of hydrogen-bond acceptors (Lipinski definition) is 2. The molecule has 1 aromatic rings. The van der Waals surface area contributed by atoms with Gasteiger partial charge in [-0.25, -0.2) is 4.98 Å². The van der Waals surface area contributed by atoms with E-state index in [4.69, 9.17) is 0 Å². The van der Waals surface area contributed by atoms with E-state index < -0.39 is 0 Å². The molecule has 4 heteroatoms. The van der Waals surface area contributed by atoms with Crippen LogP contribution in [0.3, 0.4) is 0 Å². The lowest BCUT2D eigenvalue weighted by Gasteiger charge is -2.33. The number of nitrogens with one attached hydrogen (secondary N) is 1. The van der Waals surface area contributed by atoms with Crippen LogP contribution in [0.5, 0.6) is 0 Å². The molecule has 1 N–H and O–H groups in total. The summed E-state index contributed by atoms with van der Waals surface area (Å²) >= 11 is 0. The molecular formula is C17H25N3O. The Bertz CT molecular complexity index is 518. The zero-order valence-electron chi connectivity index (χ0n) is 12.7. The summed E-state index contributed by atoms with van der Waals surface area (Å²) in [6.07, 6.45) is 12.7. The number of fused-ring (bicyclic) bond motifs is 1. The number of nitrogens with zero attached hydrogens (tertiary/aromatic N) is 2. The van der Waals surface area contributed by atoms with E-state index in [1.165, 1.54) is 44.2 Å². The molecule has 1 saturated carbocycles. The van der Waals surface area contributed by atoms with Crippen LogP contribution in [0, 0.1) is 5.92 Å². The SMILES string of the molecule is O=C(C1CCCc2[nH]cnc21)N1CCCC1C1CCCC1. The Morgan fingerprint density at radius 2 is 2.00 bits per heavy atom. The number of aromatic amines is 1. The number of likely N-dealkylation sites (tertiary alicyclic amines) is 1. The second kappa shape index (κ2) is 5.47. The summed E-state index contributed by atoms with van der Waals surface area (Å²) in [5.74, 6) is 1.14. The van der Waals surface area contributed by atoms with Gasteiger partial charge in [-0.05, 0) is 50.9 Å². The van der Waals surface area contributed by atoms with Gasteiger partial charge in [0.2, 0.25) is 5.91 Å². The number of carbonyl (C=O) groups excluding carboxylic acids is 1. The summed E-state index contributed by atoms with van der Waals surface area (Å²) < 4.78 is 0. The number of H-pyrrole nitrogens is 1. The fraction of sp³-hybridized carbons (Fsp3) is 0.765. The van der Waals surface area contributed by atoms with Crippen molar-refractivity contribution in [1.82, 2.24) is 14.9 Å². The maximum Gasteiger partial charge on any atom is 0.232 e. The Morgan fingerprint density at radius 3 is 2.86 bits per heavy atom. The normalized spacial score (nSPS) is 29.8. The van der Waals surface area contributed by atoms with Crippen LogP contribution in [-0.4, -0.2) is 33.4 Å². The van der Waals surface area contributed by atoms with Crippen molar-refractivity contribution in [2.24, 2.45) is 5.92 Å². The van der Waals surface area contributed by atoms with Gasteiger partial charge in [-0.15, -0.1) is 0 Å². The molecule has 2 fully saturated rings. The van der Waals surface area contributed by atoms with Crippen molar-refractivity contribution >= 4 is 5.91 Å². The molecule has 21 heavy (non-hydrogen) atoms. The molecule has 2 unspecified atom stereocenters. The van der Waals surface area contributed by atoms with Crippen LogP contribution in [0.1, 0.15) is 68.7 Å². The molecule has 114 valence electrons. The summed E-state index contributed by atoms with van der Waals surface area (Å²) in [6.45, 7) is 0.969. The Morgan fingerprint density at radius 1 is 1.14 bits per heavy atom. The molecule has 0 bridgehead atoms. The first-order chi connectivity index (χ1) is 10.3. The number of amides is 1. The van der Waals surface area contributed by atoms with Crippen molar-refractivity contribution in [2.45, 2.75) is 69.7 Å². The molecule has 2 aliphatic carbocycles. The first-order valence-corrected chi connectivity index (χ1v) is 8.67. The maximum absolute atomic E-state index is 13.1. The molecule has 4 rings (SSSR count). The number of aryl methyl sites for hydroxylation is 1. The lowest BCUT2D eigenvalue weighted by molar-refractivity contribution is -0.135. The quantitative estimate of drug-likeness (QED) is 0.909. The summed E-state index contributed by atoms with van der Waals surface area (Å²) in [6, 6.07) is 0.518. The van der Waals surface area contributed by atoms with Crippen LogP contribution in [0.15, 0.2) is 6.33 Å². The lowest BCUT2D eigenvalue weighted by atomic mass is 9.87. The summed E-state index contributed by atoms with van der Waals surface area (Å²) in [5.41, 5.74) is 2.22. The third kappa shape index (κ3) is 2.29. The second-order valence-electron chi connectivity index (χ2n) is 7.00. The lowest BCUT2D eigenvalue weighted by Crippen LogP contribution is -2.42. The first-order valence-electron chi connectivity index (χ1n) is 8.67. The average Bonchev–Trinajstić information content (AvgIpc) is 3.23. The highest BCUT2D eigenvalue weighted by atomic mass is 16.2. The van der Waals surface area contributed by atoms with Crippen molar-refractivity contribution in [1.29, 1.82) is 0 Å². The van der Waals surface area contributed by atoms with Gasteiger partial charge in [-0.2, -0.15) is 0 Å². The Kier molecular flexibility index (Phi) is 3.48. The van der Waals surface area contributed by atoms with E-state index in [0.29, 0.717) is 11.9 Å². The van der Waals surface area contributed by atoms with Gasteiger partial charge in [-0.3, -0.25) is 4.79 Å². The summed E-state index contributed by atoms with van der Waals surface area (Å²) in [5, 5.41) is 0. The number of imidazole rings is 1. The van der Waals surface area contributed by atoms with Crippen LogP contribution in [0.25, 0.3) is 0 Å². The van der Waals surface area contributed by atoms with Crippen LogP contribution in [-0.2, 0) is 11.2 Å². The van der Waals surface area contributed by atoms with E-state index in [1.807, 2.05) is 0 Å². The predicted molar refractivity (Wildman–Crippen MR) is 81.0 cm³/mol. The average molecular weight is 287 g/mol. The largest absolute Gasteiger partial charge is 0.348 e. The highest BCUT2D eigenvalue weighted by Gasteiger charge is 2.40. The topological polar surface area (TPSA) is 49.0 Å². The highest BCUT2D eigenvalue weighted by Crippen LogP contribution is 2.38. The zero-order chi connectivity index (χ0) is 14.2. The van der Waals surface area contributed by atoms with Gasteiger partial charge in [0.15, 0.2) is 0 Å². The Hall–Kier alpha value is -1.32. The molecule has 0 aromatic carbocycles. The fourth-order valence-corrected chi connectivity index (χ4v) is 4.79. The Balaban J connectivity index is 1.54. The molecule has 0 spiro atoms. The van der Waals surface area contributed by atoms with Crippen molar-refractivity contribution in [3.63, 3.8) is 0 Å². The molecular weight excluding hydrogens is 262 g/mol. The third-order valence-electron chi connectivity index (χ3n) is 5.83. The van der Waals surface area contributed by atoms with E-state index in [0.717, 1.165) is 37.4 Å². The maximum atomic E-state index is 13.1. The van der Waals surface area contributed by atoms with E-state index in [2.05, 4.69) is 14.9 Å². The van der Waals surface area contributed by atoms with Gasteiger partial charge in [0.1, 0.15) is 0 Å². The van der Waals surface area contributed by atoms with Crippen molar-refractivity contribution in [3.8, 4) is 0 Å². The number of rotatable bonds is 2. The molecule has 1 saturated heterocycles. The summed E-state index contributed by atoms with van der Waals surface area (Å²) in [4.78, 5) is 23.0. The van der Waals surface area contributed by atoms with Crippen molar-refractivity contribution < 1.29 is 4.79 Å². The molecule has 1 aliphatic heterocycles. The second-order valence-corrected chi connectivity index (χ2v) is 7.00. The summed E-state index contributed by atoms with van der Waals surface area (Å²) in [7, 11) is 0. The monoisotopic (exact) mass is 287 g/mol. The molecule has 1 amide bonds. The minimum atomic E-state index is 0.0157. The molecule has 3 aliphatic rings. The van der Waals surface area contributed by atoms with Crippen molar-refractivity contribution in [2.75, 3.05) is 6.54 Å². The van der Waals surface area contributed by atoms with Gasteiger partial charge in [0.25, 0.3) is 0 Å². The van der Waals surface area contributed by atoms with Gasteiger partial charge >= 0.3 is 0 Å². The molecule has 2 atom stereocenters. The van der Waals surface area contributed by atoms with Gasteiger partial charge in [0, 0.05) is 18.3 Å². The first kappa shape index (κ1) is 13.4. The van der Waals surface area contributed by atoms with Crippen LogP contribution < -0.4 is 0 Å². The van der Waals surface area contributed by atoms with Crippen LogP contribution in [0.2, 0.25) is 0 Å². The van der Waals surface area contributed by atoms with Crippen molar-refractivity contribution in [3.05, 3.63) is 17.7 Å². The van der Waals surface area contributed by atoms with E-state index in [-0.39, 0.29) is 5.92 Å². The van der Waals surface area contributed by atoms with Crippen LogP contribution >= 0.6 is 0 Å². The van der Waals surface area contributed by atoms with Crippen LogP contribution in [0.4, 0.5) is 0 Å². The van der Waals surface area contributed by atoms with E-state index >= 15 is 0 Å². The van der Waals surface area contributed by atoms with E-state index in [9.17, 15) is 4.79 Å². The molecule has 4 nitrogen and oxygen atoms in total. The smallest absolute Gasteiger partial charge is 0.232 e. The molecule has 2 heterocycles. The van der Waals surface area contributed by atoms with E-state index in [1.54, 1.807) is 6.33 Å². The minimum absolute atomic E-state index is 0.0157. The molecule has 1 aromatic heterocycles. The number of aromatic nitrogens is 2.